The lowest BCUT2D eigenvalue weighted by atomic mass is 10.5. The molecule has 5 nitrogen and oxygen atoms in total. The number of amides is 1. The fourth-order valence-electron chi connectivity index (χ4n) is 0.710. The number of rotatable bonds is 3. The SMILES string of the molecule is CNCC(=O)Nc1cc(Cl)[nH]n1. The highest BCUT2D eigenvalue weighted by Crippen LogP contribution is 2.09. The summed E-state index contributed by atoms with van der Waals surface area (Å²) in [5.41, 5.74) is 0. The number of hydrogen-bond donors (Lipinski definition) is 3. The minimum Gasteiger partial charge on any atom is -0.311 e. The van der Waals surface area contributed by atoms with Gasteiger partial charge in [0.15, 0.2) is 5.82 Å². The molecule has 66 valence electrons. The quantitative estimate of drug-likeness (QED) is 0.636. The summed E-state index contributed by atoms with van der Waals surface area (Å²) in [4.78, 5) is 11.0. The standard InChI is InChI=1S/C6H9ClN4O/c1-8-3-6(12)9-5-2-4(7)10-11-5/h2,8H,3H2,1H3,(H2,9,10,11,12). The van der Waals surface area contributed by atoms with Crippen molar-refractivity contribution in [2.24, 2.45) is 0 Å². The molecule has 0 fully saturated rings. The zero-order chi connectivity index (χ0) is 8.97. The van der Waals surface area contributed by atoms with Crippen molar-refractivity contribution in [3.63, 3.8) is 0 Å². The number of aromatic nitrogens is 2. The van der Waals surface area contributed by atoms with Crippen LogP contribution in [0.1, 0.15) is 0 Å². The third-order valence-corrected chi connectivity index (χ3v) is 1.35. The van der Waals surface area contributed by atoms with E-state index >= 15 is 0 Å². The molecule has 1 aromatic heterocycles. The highest BCUT2D eigenvalue weighted by atomic mass is 35.5. The first-order valence-electron chi connectivity index (χ1n) is 3.37. The Labute approximate surface area is 74.5 Å². The topological polar surface area (TPSA) is 69.8 Å². The number of carbonyl (C=O) groups is 1. The number of aromatic amines is 1. The highest BCUT2D eigenvalue weighted by Gasteiger charge is 2.02. The third kappa shape index (κ3) is 2.52. The van der Waals surface area contributed by atoms with Crippen LogP contribution >= 0.6 is 11.6 Å². The summed E-state index contributed by atoms with van der Waals surface area (Å²) >= 11 is 5.54. The molecule has 0 aromatic carbocycles. The number of nitrogens with one attached hydrogen (secondary N) is 3. The Bertz CT molecular complexity index is 272. The number of H-pyrrole nitrogens is 1. The van der Waals surface area contributed by atoms with Gasteiger partial charge < -0.3 is 10.6 Å². The van der Waals surface area contributed by atoms with Crippen molar-refractivity contribution < 1.29 is 4.79 Å². The van der Waals surface area contributed by atoms with E-state index in [2.05, 4.69) is 20.8 Å². The molecule has 0 aliphatic heterocycles. The van der Waals surface area contributed by atoms with Gasteiger partial charge in [0.25, 0.3) is 0 Å². The fourth-order valence-corrected chi connectivity index (χ4v) is 0.855. The summed E-state index contributed by atoms with van der Waals surface area (Å²) < 4.78 is 0. The van der Waals surface area contributed by atoms with E-state index in [1.807, 2.05) is 0 Å². The molecule has 0 atom stereocenters. The number of hydrogen-bond acceptors (Lipinski definition) is 3. The lowest BCUT2D eigenvalue weighted by Gasteiger charge is -1.98. The number of likely N-dealkylation sites (N-methyl/N-ethyl adjacent to an activating group) is 1. The Morgan fingerprint density at radius 1 is 1.83 bits per heavy atom. The van der Waals surface area contributed by atoms with Crippen LogP contribution in [0.4, 0.5) is 5.82 Å². The van der Waals surface area contributed by atoms with Gasteiger partial charge in [0, 0.05) is 6.07 Å². The van der Waals surface area contributed by atoms with Crippen molar-refractivity contribution >= 4 is 23.3 Å². The highest BCUT2D eigenvalue weighted by molar-refractivity contribution is 6.29. The van der Waals surface area contributed by atoms with E-state index in [1.165, 1.54) is 6.07 Å². The molecule has 1 rings (SSSR count). The third-order valence-electron chi connectivity index (χ3n) is 1.15. The monoisotopic (exact) mass is 188 g/mol. The number of nitrogens with zero attached hydrogens (tertiary/aromatic N) is 1. The summed E-state index contributed by atoms with van der Waals surface area (Å²) in [6.07, 6.45) is 0. The summed E-state index contributed by atoms with van der Waals surface area (Å²) in [6.45, 7) is 0.254. The van der Waals surface area contributed by atoms with Gasteiger partial charge in [0.1, 0.15) is 5.15 Å². The van der Waals surface area contributed by atoms with Crippen molar-refractivity contribution in [3.8, 4) is 0 Å². The summed E-state index contributed by atoms with van der Waals surface area (Å²) in [7, 11) is 1.69. The summed E-state index contributed by atoms with van der Waals surface area (Å²) in [5, 5.41) is 11.9. The van der Waals surface area contributed by atoms with Crippen molar-refractivity contribution in [2.45, 2.75) is 0 Å². The normalized spacial score (nSPS) is 9.83. The Morgan fingerprint density at radius 3 is 3.08 bits per heavy atom. The largest absolute Gasteiger partial charge is 0.311 e. The van der Waals surface area contributed by atoms with E-state index in [4.69, 9.17) is 11.6 Å². The fraction of sp³-hybridized carbons (Fsp3) is 0.333. The van der Waals surface area contributed by atoms with Crippen LogP contribution in [-0.2, 0) is 4.79 Å². The maximum absolute atomic E-state index is 11.0. The zero-order valence-corrected chi connectivity index (χ0v) is 7.27. The Balaban J connectivity index is 2.46. The van der Waals surface area contributed by atoms with E-state index in [0.717, 1.165) is 0 Å². The van der Waals surface area contributed by atoms with Gasteiger partial charge >= 0.3 is 0 Å². The van der Waals surface area contributed by atoms with Gasteiger partial charge in [0.2, 0.25) is 5.91 Å². The molecule has 0 bridgehead atoms. The van der Waals surface area contributed by atoms with Gasteiger partial charge in [-0.3, -0.25) is 9.89 Å². The first-order chi connectivity index (χ1) is 5.72. The van der Waals surface area contributed by atoms with Gasteiger partial charge in [-0.1, -0.05) is 11.6 Å². The van der Waals surface area contributed by atoms with E-state index in [-0.39, 0.29) is 12.5 Å². The molecule has 1 amide bonds. The average molecular weight is 189 g/mol. The molecule has 3 N–H and O–H groups in total. The molecule has 1 heterocycles. The second kappa shape index (κ2) is 4.08. The molecule has 0 spiro atoms. The summed E-state index contributed by atoms with van der Waals surface area (Å²) in [5.74, 6) is 0.279. The smallest absolute Gasteiger partial charge is 0.239 e. The zero-order valence-electron chi connectivity index (χ0n) is 6.52. The number of anilines is 1. The van der Waals surface area contributed by atoms with E-state index in [1.54, 1.807) is 7.05 Å². The van der Waals surface area contributed by atoms with Crippen molar-refractivity contribution in [2.75, 3.05) is 18.9 Å². The molecule has 0 aliphatic carbocycles. The van der Waals surface area contributed by atoms with Crippen LogP contribution in [0.25, 0.3) is 0 Å². The number of carbonyl (C=O) groups excluding carboxylic acids is 1. The molecule has 0 unspecified atom stereocenters. The van der Waals surface area contributed by atoms with Crippen LogP contribution in [0, 0.1) is 0 Å². The maximum atomic E-state index is 11.0. The van der Waals surface area contributed by atoms with Crippen LogP contribution in [0.5, 0.6) is 0 Å². The average Bonchev–Trinajstić information content (AvgIpc) is 2.36. The lowest BCUT2D eigenvalue weighted by Crippen LogP contribution is -2.25. The molecule has 1 aromatic rings. The van der Waals surface area contributed by atoms with Gasteiger partial charge in [-0.05, 0) is 7.05 Å². The first kappa shape index (κ1) is 9.02. The Morgan fingerprint density at radius 2 is 2.58 bits per heavy atom. The molecular formula is C6H9ClN4O. The van der Waals surface area contributed by atoms with Crippen LogP contribution in [0.15, 0.2) is 6.07 Å². The Hall–Kier alpha value is -1.07. The van der Waals surface area contributed by atoms with Gasteiger partial charge in [-0.25, -0.2) is 0 Å². The van der Waals surface area contributed by atoms with E-state index in [0.29, 0.717) is 11.0 Å². The predicted molar refractivity (Wildman–Crippen MR) is 46.2 cm³/mol. The molecular weight excluding hydrogens is 180 g/mol. The second-order valence-corrected chi connectivity index (χ2v) is 2.59. The van der Waals surface area contributed by atoms with Crippen LogP contribution in [-0.4, -0.2) is 29.7 Å². The molecule has 0 saturated carbocycles. The predicted octanol–water partition coefficient (Wildman–Crippen LogP) is 0.221. The van der Waals surface area contributed by atoms with Crippen molar-refractivity contribution in [1.29, 1.82) is 0 Å². The molecule has 6 heteroatoms. The maximum Gasteiger partial charge on any atom is 0.239 e. The molecule has 0 saturated heterocycles. The molecule has 12 heavy (non-hydrogen) atoms. The molecule has 0 radical (unpaired) electrons. The van der Waals surface area contributed by atoms with Gasteiger partial charge in [-0.2, -0.15) is 5.10 Å². The minimum atomic E-state index is -0.152. The van der Waals surface area contributed by atoms with Crippen molar-refractivity contribution in [1.82, 2.24) is 15.5 Å². The molecule has 0 aliphatic rings. The Kier molecular flexibility index (Phi) is 3.07. The van der Waals surface area contributed by atoms with Crippen LogP contribution in [0.2, 0.25) is 5.15 Å². The van der Waals surface area contributed by atoms with Gasteiger partial charge in [-0.15, -0.1) is 0 Å². The van der Waals surface area contributed by atoms with E-state index < -0.39 is 0 Å². The summed E-state index contributed by atoms with van der Waals surface area (Å²) in [6, 6.07) is 1.54. The van der Waals surface area contributed by atoms with Crippen LogP contribution in [0.3, 0.4) is 0 Å². The van der Waals surface area contributed by atoms with Crippen molar-refractivity contribution in [3.05, 3.63) is 11.2 Å². The van der Waals surface area contributed by atoms with E-state index in [9.17, 15) is 4.79 Å². The first-order valence-corrected chi connectivity index (χ1v) is 3.75. The second-order valence-electron chi connectivity index (χ2n) is 2.18. The lowest BCUT2D eigenvalue weighted by molar-refractivity contribution is -0.115. The minimum absolute atomic E-state index is 0.152. The van der Waals surface area contributed by atoms with Crippen LogP contribution < -0.4 is 10.6 Å². The van der Waals surface area contributed by atoms with Gasteiger partial charge in [0.05, 0.1) is 6.54 Å². The number of halogens is 1.